The van der Waals surface area contributed by atoms with E-state index in [4.69, 9.17) is 0 Å². The van der Waals surface area contributed by atoms with Crippen molar-refractivity contribution >= 4 is 22.1 Å². The van der Waals surface area contributed by atoms with Gasteiger partial charge in [-0.1, -0.05) is 18.2 Å². The van der Waals surface area contributed by atoms with Gasteiger partial charge in [-0.3, -0.25) is 20.2 Å². The molecule has 0 spiro atoms. The molecule has 7 nitrogen and oxygen atoms in total. The first kappa shape index (κ1) is 14.4. The Morgan fingerprint density at radius 3 is 1.89 bits per heavy atom. The topological polar surface area (TPSA) is 109 Å². The molecule has 0 radical (unpaired) electrons. The van der Waals surface area contributed by atoms with Gasteiger partial charge >= 0.3 is 29.6 Å². The average Bonchev–Trinajstić information content (AvgIpc) is 2.29. The fourth-order valence-corrected chi connectivity index (χ4v) is 1.60. The van der Waals surface area contributed by atoms with Gasteiger partial charge in [0.05, 0.1) is 21.3 Å². The summed E-state index contributed by atoms with van der Waals surface area (Å²) >= 11 is 0. The van der Waals surface area contributed by atoms with Gasteiger partial charge in [-0.15, -0.1) is 0 Å². The van der Waals surface area contributed by atoms with Crippen molar-refractivity contribution in [2.45, 2.75) is 0 Å². The molecule has 0 saturated heterocycles. The molecular weight excluding hydrogens is 251 g/mol. The van der Waals surface area contributed by atoms with Crippen molar-refractivity contribution < 1.29 is 44.5 Å². The van der Waals surface area contributed by atoms with E-state index in [9.17, 15) is 25.3 Å². The number of nitro groups is 2. The Kier molecular flexibility index (Phi) is 4.23. The molecule has 0 amide bonds. The molecule has 0 aromatic heterocycles. The maximum Gasteiger partial charge on any atom is 1.00 e. The maximum atomic E-state index is 11.7. The van der Waals surface area contributed by atoms with Crippen molar-refractivity contribution in [2.24, 2.45) is 0 Å². The zero-order chi connectivity index (χ0) is 12.6. The molecule has 0 bridgehead atoms. The number of rotatable bonds is 2. The minimum atomic E-state index is -0.915. The van der Waals surface area contributed by atoms with Gasteiger partial charge in [-0.25, -0.2) is 0 Å². The SMILES string of the molecule is O=[N+]([O-])c1cc([N+](=O)[O-])c2ccccc2c1[O-].[Na+]. The number of nitro benzene ring substituents is 2. The molecule has 0 saturated carbocycles. The molecule has 18 heavy (non-hydrogen) atoms. The van der Waals surface area contributed by atoms with Crippen molar-refractivity contribution in [1.82, 2.24) is 0 Å². The summed E-state index contributed by atoms with van der Waals surface area (Å²) in [6.07, 6.45) is 0. The summed E-state index contributed by atoms with van der Waals surface area (Å²) in [5.74, 6) is -0.809. The van der Waals surface area contributed by atoms with Crippen LogP contribution in [0.4, 0.5) is 11.4 Å². The van der Waals surface area contributed by atoms with Gasteiger partial charge in [-0.05, 0) is 17.2 Å². The molecule has 0 unspecified atom stereocenters. The molecule has 2 rings (SSSR count). The second-order valence-electron chi connectivity index (χ2n) is 3.30. The third-order valence-electron chi connectivity index (χ3n) is 2.35. The second kappa shape index (κ2) is 5.30. The Morgan fingerprint density at radius 1 is 0.889 bits per heavy atom. The van der Waals surface area contributed by atoms with Gasteiger partial charge < -0.3 is 5.11 Å². The smallest absolute Gasteiger partial charge is 0.867 e. The van der Waals surface area contributed by atoms with Gasteiger partial charge in [0, 0.05) is 0 Å². The predicted octanol–water partition coefficient (Wildman–Crippen LogP) is -1.27. The number of non-ortho nitro benzene ring substituents is 1. The van der Waals surface area contributed by atoms with E-state index < -0.39 is 27.0 Å². The standard InChI is InChI=1S/C10H6N2O5.Na/c13-10-7-4-2-1-3-6(7)8(11(14)15)5-9(10)12(16)17;/h1-5,13H;/q;+1/p-1. The first-order valence-electron chi connectivity index (χ1n) is 4.54. The van der Waals surface area contributed by atoms with Crippen LogP contribution in [-0.4, -0.2) is 9.85 Å². The number of fused-ring (bicyclic) bond motifs is 1. The summed E-state index contributed by atoms with van der Waals surface area (Å²) in [4.78, 5) is 19.7. The average molecular weight is 256 g/mol. The molecule has 0 aliphatic heterocycles. The molecule has 2 aromatic carbocycles. The van der Waals surface area contributed by atoms with E-state index >= 15 is 0 Å². The fourth-order valence-electron chi connectivity index (χ4n) is 1.60. The molecule has 0 aliphatic carbocycles. The molecule has 86 valence electrons. The summed E-state index contributed by atoms with van der Waals surface area (Å²) in [6, 6.07) is 6.44. The number of nitrogens with zero attached hydrogens (tertiary/aromatic N) is 2. The van der Waals surface area contributed by atoms with Crippen LogP contribution in [0.5, 0.6) is 5.75 Å². The molecule has 0 aliphatic rings. The quantitative estimate of drug-likeness (QED) is 0.378. The largest absolute Gasteiger partial charge is 1.00 e. The van der Waals surface area contributed by atoms with E-state index in [1.54, 1.807) is 0 Å². The van der Waals surface area contributed by atoms with Gasteiger partial charge in [-0.2, -0.15) is 0 Å². The van der Waals surface area contributed by atoms with Gasteiger partial charge in [0.15, 0.2) is 0 Å². The van der Waals surface area contributed by atoms with E-state index in [-0.39, 0.29) is 40.3 Å². The van der Waals surface area contributed by atoms with Crippen LogP contribution in [0.25, 0.3) is 10.8 Å². The summed E-state index contributed by atoms with van der Waals surface area (Å²) < 4.78 is 0. The van der Waals surface area contributed by atoms with Gasteiger partial charge in [0.1, 0.15) is 0 Å². The third kappa shape index (κ3) is 2.28. The molecule has 2 aromatic rings. The van der Waals surface area contributed by atoms with Crippen LogP contribution in [0, 0.1) is 20.2 Å². The molecule has 0 heterocycles. The summed E-state index contributed by atoms with van der Waals surface area (Å²) in [5, 5.41) is 33.2. The molecule has 8 heteroatoms. The number of hydrogen-bond donors (Lipinski definition) is 0. The van der Waals surface area contributed by atoms with E-state index in [1.807, 2.05) is 0 Å². The van der Waals surface area contributed by atoms with Crippen LogP contribution in [0.2, 0.25) is 0 Å². The van der Waals surface area contributed by atoms with Crippen LogP contribution in [-0.2, 0) is 0 Å². The number of benzene rings is 2. The van der Waals surface area contributed by atoms with Gasteiger partial charge in [0.25, 0.3) is 11.4 Å². The Hall–Kier alpha value is -1.70. The second-order valence-corrected chi connectivity index (χ2v) is 3.30. The van der Waals surface area contributed by atoms with Crippen LogP contribution in [0.15, 0.2) is 30.3 Å². The van der Waals surface area contributed by atoms with E-state index in [0.29, 0.717) is 6.07 Å². The van der Waals surface area contributed by atoms with Crippen molar-refractivity contribution in [3.63, 3.8) is 0 Å². The van der Waals surface area contributed by atoms with Crippen LogP contribution in [0.1, 0.15) is 0 Å². The Morgan fingerprint density at radius 2 is 1.39 bits per heavy atom. The van der Waals surface area contributed by atoms with Crippen molar-refractivity contribution in [2.75, 3.05) is 0 Å². The zero-order valence-electron chi connectivity index (χ0n) is 9.32. The number of hydrogen-bond acceptors (Lipinski definition) is 5. The third-order valence-corrected chi connectivity index (χ3v) is 2.35. The first-order valence-corrected chi connectivity index (χ1v) is 4.54. The van der Waals surface area contributed by atoms with Crippen molar-refractivity contribution in [1.29, 1.82) is 0 Å². The van der Waals surface area contributed by atoms with Crippen molar-refractivity contribution in [3.8, 4) is 5.75 Å². The predicted molar refractivity (Wildman–Crippen MR) is 56.7 cm³/mol. The summed E-state index contributed by atoms with van der Waals surface area (Å²) in [5.41, 5.74) is -1.22. The normalized spacial score (nSPS) is 9.78. The van der Waals surface area contributed by atoms with Gasteiger partial charge in [0.2, 0.25) is 0 Å². The molecule has 0 N–H and O–H groups in total. The maximum absolute atomic E-state index is 11.7. The minimum Gasteiger partial charge on any atom is -0.867 e. The Bertz CT molecular complexity index is 643. The molecular formula is C10H5N2NaO5. The molecule has 0 fully saturated rings. The monoisotopic (exact) mass is 256 g/mol. The van der Waals surface area contributed by atoms with Crippen LogP contribution < -0.4 is 34.7 Å². The first-order chi connectivity index (χ1) is 8.02. The Balaban J connectivity index is 0.00000162. The fraction of sp³-hybridized carbons (Fsp3) is 0. The zero-order valence-corrected chi connectivity index (χ0v) is 11.3. The van der Waals surface area contributed by atoms with Crippen molar-refractivity contribution in [3.05, 3.63) is 50.6 Å². The van der Waals surface area contributed by atoms with Crippen LogP contribution in [0.3, 0.4) is 0 Å². The summed E-state index contributed by atoms with van der Waals surface area (Å²) in [7, 11) is 0. The minimum absolute atomic E-state index is 0. The molecule has 0 atom stereocenters. The van der Waals surface area contributed by atoms with E-state index in [0.717, 1.165) is 0 Å². The van der Waals surface area contributed by atoms with E-state index in [1.165, 1.54) is 24.3 Å². The Labute approximate surface area is 123 Å². The van der Waals surface area contributed by atoms with Crippen LogP contribution >= 0.6 is 0 Å². The van der Waals surface area contributed by atoms with E-state index in [2.05, 4.69) is 0 Å². The summed E-state index contributed by atoms with van der Waals surface area (Å²) in [6.45, 7) is 0.